The summed E-state index contributed by atoms with van der Waals surface area (Å²) in [5.74, 6) is 0. The molecule has 7 heteroatoms. The molecule has 0 radical (unpaired) electrons. The minimum atomic E-state index is -3.62. The van der Waals surface area contributed by atoms with Gasteiger partial charge in [-0.15, -0.1) is 0 Å². The van der Waals surface area contributed by atoms with Gasteiger partial charge in [-0.1, -0.05) is 18.2 Å². The van der Waals surface area contributed by atoms with Gasteiger partial charge in [-0.3, -0.25) is 4.98 Å². The first kappa shape index (κ1) is 16.3. The van der Waals surface area contributed by atoms with Crippen molar-refractivity contribution in [2.75, 3.05) is 0 Å². The Morgan fingerprint density at radius 2 is 1.77 bits per heavy atom. The van der Waals surface area contributed by atoms with Crippen LogP contribution in [0.2, 0.25) is 0 Å². The smallest absolute Gasteiger partial charge is 0.259 e. The van der Waals surface area contributed by atoms with E-state index in [1.54, 1.807) is 65.9 Å². The van der Waals surface area contributed by atoms with E-state index in [2.05, 4.69) is 10.1 Å². The highest BCUT2D eigenvalue weighted by atomic mass is 32.2. The molecule has 0 aliphatic rings. The Labute approximate surface area is 151 Å². The van der Waals surface area contributed by atoms with Crippen LogP contribution in [-0.2, 0) is 10.0 Å². The maximum Gasteiger partial charge on any atom is 0.267 e. The van der Waals surface area contributed by atoms with E-state index in [1.807, 2.05) is 25.1 Å². The fraction of sp³-hybridized carbons (Fsp3) is 0.0526. The summed E-state index contributed by atoms with van der Waals surface area (Å²) in [5, 5.41) is 4.34. The molecule has 0 aliphatic carbocycles. The molecule has 0 amide bonds. The monoisotopic (exact) mass is 364 g/mol. The van der Waals surface area contributed by atoms with Gasteiger partial charge in [0.25, 0.3) is 10.0 Å². The topological polar surface area (TPSA) is 69.8 Å². The van der Waals surface area contributed by atoms with Crippen LogP contribution in [-0.4, -0.2) is 27.2 Å². The average Bonchev–Trinajstić information content (AvgIpc) is 3.32. The van der Waals surface area contributed by atoms with E-state index in [1.165, 1.54) is 3.97 Å². The molecule has 4 rings (SSSR count). The Morgan fingerprint density at radius 3 is 2.50 bits per heavy atom. The molecule has 0 spiro atoms. The second-order valence-corrected chi connectivity index (χ2v) is 7.68. The largest absolute Gasteiger partial charge is 0.267 e. The van der Waals surface area contributed by atoms with Crippen LogP contribution in [0.3, 0.4) is 0 Å². The Hall–Kier alpha value is -3.19. The van der Waals surface area contributed by atoms with Crippen molar-refractivity contribution < 1.29 is 8.42 Å². The Kier molecular flexibility index (Phi) is 3.93. The van der Waals surface area contributed by atoms with Gasteiger partial charge < -0.3 is 0 Å². The van der Waals surface area contributed by atoms with Gasteiger partial charge in [0.1, 0.15) is 0 Å². The lowest BCUT2D eigenvalue weighted by molar-refractivity contribution is 0.587. The lowest BCUT2D eigenvalue weighted by Gasteiger charge is -2.07. The Balaban J connectivity index is 1.74. The Bertz CT molecular complexity index is 1140. The molecular formula is C19H16N4O2S. The lowest BCUT2D eigenvalue weighted by Crippen LogP contribution is -2.10. The molecule has 0 unspecified atom stereocenters. The highest BCUT2D eigenvalue weighted by Gasteiger charge is 2.18. The molecule has 130 valence electrons. The first-order chi connectivity index (χ1) is 12.6. The van der Waals surface area contributed by atoms with E-state index in [0.717, 1.165) is 22.6 Å². The fourth-order valence-electron chi connectivity index (χ4n) is 2.71. The molecule has 0 aliphatic heterocycles. The van der Waals surface area contributed by atoms with Crippen molar-refractivity contribution in [1.82, 2.24) is 18.7 Å². The highest BCUT2D eigenvalue weighted by molar-refractivity contribution is 7.90. The van der Waals surface area contributed by atoms with E-state index in [0.29, 0.717) is 0 Å². The number of hydrogen-bond donors (Lipinski definition) is 0. The van der Waals surface area contributed by atoms with Crippen molar-refractivity contribution in [3.05, 3.63) is 85.1 Å². The van der Waals surface area contributed by atoms with Crippen molar-refractivity contribution in [2.45, 2.75) is 11.8 Å². The van der Waals surface area contributed by atoms with Crippen LogP contribution >= 0.6 is 0 Å². The van der Waals surface area contributed by atoms with E-state index in [9.17, 15) is 8.42 Å². The van der Waals surface area contributed by atoms with Gasteiger partial charge in [-0.05, 0) is 43.3 Å². The summed E-state index contributed by atoms with van der Waals surface area (Å²) >= 11 is 0. The van der Waals surface area contributed by atoms with Crippen molar-refractivity contribution in [2.24, 2.45) is 0 Å². The zero-order valence-electron chi connectivity index (χ0n) is 14.0. The summed E-state index contributed by atoms with van der Waals surface area (Å²) in [5.41, 5.74) is 3.28. The fourth-order valence-corrected chi connectivity index (χ4v) is 3.92. The summed E-state index contributed by atoms with van der Waals surface area (Å²) in [6.07, 6.45) is 6.56. The SMILES string of the molecule is Cc1ccc(-n2nccc2-c2ccn(S(=O)(=O)c3ccccc3)c2)cn1. The molecule has 0 saturated heterocycles. The molecule has 3 heterocycles. The molecule has 0 fully saturated rings. The van der Waals surface area contributed by atoms with Crippen LogP contribution in [0.25, 0.3) is 16.9 Å². The van der Waals surface area contributed by atoms with Gasteiger partial charge in [-0.2, -0.15) is 5.10 Å². The third kappa shape index (κ3) is 2.82. The molecule has 0 saturated carbocycles. The number of pyridine rings is 1. The first-order valence-corrected chi connectivity index (χ1v) is 9.46. The minimum absolute atomic E-state index is 0.249. The van der Waals surface area contributed by atoms with Gasteiger partial charge in [0.15, 0.2) is 0 Å². The molecule has 3 aromatic heterocycles. The predicted octanol–water partition coefficient (Wildman–Crippen LogP) is 3.28. The maximum absolute atomic E-state index is 12.7. The zero-order chi connectivity index (χ0) is 18.1. The number of aromatic nitrogens is 4. The summed E-state index contributed by atoms with van der Waals surface area (Å²) in [7, 11) is -3.62. The zero-order valence-corrected chi connectivity index (χ0v) is 14.8. The third-order valence-electron chi connectivity index (χ3n) is 4.06. The molecule has 6 nitrogen and oxygen atoms in total. The van der Waals surface area contributed by atoms with Crippen molar-refractivity contribution in [3.8, 4) is 16.9 Å². The maximum atomic E-state index is 12.7. The van der Waals surface area contributed by atoms with Crippen LogP contribution < -0.4 is 0 Å². The summed E-state index contributed by atoms with van der Waals surface area (Å²) < 4.78 is 28.4. The lowest BCUT2D eigenvalue weighted by atomic mass is 10.2. The quantitative estimate of drug-likeness (QED) is 0.557. The van der Waals surface area contributed by atoms with Gasteiger partial charge in [0.2, 0.25) is 0 Å². The van der Waals surface area contributed by atoms with E-state index in [4.69, 9.17) is 0 Å². The minimum Gasteiger partial charge on any atom is -0.259 e. The second kappa shape index (κ2) is 6.27. The molecular weight excluding hydrogens is 348 g/mol. The van der Waals surface area contributed by atoms with Gasteiger partial charge in [0, 0.05) is 23.7 Å². The normalized spacial score (nSPS) is 11.6. The first-order valence-electron chi connectivity index (χ1n) is 8.02. The molecule has 1 aromatic carbocycles. The van der Waals surface area contributed by atoms with Gasteiger partial charge in [0.05, 0.1) is 28.7 Å². The molecule has 0 bridgehead atoms. The predicted molar refractivity (Wildman–Crippen MR) is 98.5 cm³/mol. The highest BCUT2D eigenvalue weighted by Crippen LogP contribution is 2.24. The van der Waals surface area contributed by atoms with Crippen molar-refractivity contribution >= 4 is 10.0 Å². The van der Waals surface area contributed by atoms with Crippen LogP contribution in [0, 0.1) is 6.92 Å². The van der Waals surface area contributed by atoms with Gasteiger partial charge in [-0.25, -0.2) is 17.1 Å². The van der Waals surface area contributed by atoms with Crippen molar-refractivity contribution in [3.63, 3.8) is 0 Å². The van der Waals surface area contributed by atoms with Crippen LogP contribution in [0.4, 0.5) is 0 Å². The molecule has 26 heavy (non-hydrogen) atoms. The van der Waals surface area contributed by atoms with Crippen molar-refractivity contribution in [1.29, 1.82) is 0 Å². The summed E-state index contributed by atoms with van der Waals surface area (Å²) in [4.78, 5) is 4.54. The molecule has 4 aromatic rings. The number of hydrogen-bond acceptors (Lipinski definition) is 4. The molecule has 0 N–H and O–H groups in total. The summed E-state index contributed by atoms with van der Waals surface area (Å²) in [6.45, 7) is 1.92. The van der Waals surface area contributed by atoms with Crippen LogP contribution in [0.15, 0.2) is 84.3 Å². The molecule has 0 atom stereocenters. The average molecular weight is 364 g/mol. The van der Waals surface area contributed by atoms with Crippen LogP contribution in [0.1, 0.15) is 5.69 Å². The number of nitrogens with zero attached hydrogens (tertiary/aromatic N) is 4. The van der Waals surface area contributed by atoms with E-state index >= 15 is 0 Å². The van der Waals surface area contributed by atoms with E-state index in [-0.39, 0.29) is 4.90 Å². The summed E-state index contributed by atoms with van der Waals surface area (Å²) in [6, 6.07) is 15.8. The number of benzene rings is 1. The van der Waals surface area contributed by atoms with Gasteiger partial charge >= 0.3 is 0 Å². The number of aryl methyl sites for hydroxylation is 1. The standard InChI is InChI=1S/C19H16N4O2S/c1-15-7-8-17(13-20-15)23-19(9-11-21-23)16-10-12-22(14-16)26(24,25)18-5-3-2-4-6-18/h2-14H,1H3. The third-order valence-corrected chi connectivity index (χ3v) is 5.71. The van der Waals surface area contributed by atoms with Crippen LogP contribution in [0.5, 0.6) is 0 Å². The van der Waals surface area contributed by atoms with E-state index < -0.39 is 10.0 Å². The Morgan fingerprint density at radius 1 is 0.962 bits per heavy atom. The second-order valence-electron chi connectivity index (χ2n) is 5.83. The number of rotatable bonds is 4.